The molecule has 0 fully saturated rings. The van der Waals surface area contributed by atoms with Gasteiger partial charge in [0.15, 0.2) is 5.82 Å². The molecule has 0 unspecified atom stereocenters. The van der Waals surface area contributed by atoms with Crippen molar-refractivity contribution in [1.29, 1.82) is 0 Å². The Labute approximate surface area is 189 Å². The highest BCUT2D eigenvalue weighted by Gasteiger charge is 2.14. The van der Waals surface area contributed by atoms with E-state index in [1.165, 1.54) is 6.21 Å². The van der Waals surface area contributed by atoms with E-state index in [-0.39, 0.29) is 16.9 Å². The fraction of sp³-hybridized carbons (Fsp3) is 0.0769. The molecular formula is C26H21N5O2. The second kappa shape index (κ2) is 8.55. The van der Waals surface area contributed by atoms with Crippen LogP contribution in [0.2, 0.25) is 0 Å². The fourth-order valence-electron chi connectivity index (χ4n) is 3.99. The standard InChI is InChI=1S/C26H21N5O2/c1-2-31-22-15-9-8-14-20(22)24(32)21(26(31)33)16-27-29-25-19-13-7-6-12-18(19)23(28-30-25)17-10-4-3-5-11-17/h3-16,32H,2H2,1H3,(H,29,30)/b27-16-. The van der Waals surface area contributed by atoms with Crippen molar-refractivity contribution in [3.05, 3.63) is 94.8 Å². The summed E-state index contributed by atoms with van der Waals surface area (Å²) in [5.74, 6) is 0.360. The molecule has 0 aliphatic rings. The molecule has 33 heavy (non-hydrogen) atoms. The number of anilines is 1. The zero-order valence-electron chi connectivity index (χ0n) is 17.9. The molecule has 0 amide bonds. The molecule has 3 aromatic carbocycles. The van der Waals surface area contributed by atoms with Crippen LogP contribution in [0.4, 0.5) is 5.82 Å². The van der Waals surface area contributed by atoms with Gasteiger partial charge in [-0.2, -0.15) is 5.10 Å². The monoisotopic (exact) mass is 435 g/mol. The van der Waals surface area contributed by atoms with Crippen LogP contribution < -0.4 is 11.0 Å². The molecule has 0 atom stereocenters. The van der Waals surface area contributed by atoms with E-state index in [1.54, 1.807) is 10.6 Å². The van der Waals surface area contributed by atoms with Crippen molar-refractivity contribution in [3.63, 3.8) is 0 Å². The van der Waals surface area contributed by atoms with Gasteiger partial charge < -0.3 is 9.67 Å². The molecule has 2 heterocycles. The molecule has 0 saturated carbocycles. The third kappa shape index (κ3) is 3.59. The summed E-state index contributed by atoms with van der Waals surface area (Å²) in [5, 5.41) is 26.0. The number of fused-ring (bicyclic) bond motifs is 2. The number of nitrogens with one attached hydrogen (secondary N) is 1. The number of aromatic hydroxyl groups is 1. The zero-order valence-corrected chi connectivity index (χ0v) is 17.9. The zero-order chi connectivity index (χ0) is 22.8. The molecule has 0 bridgehead atoms. The predicted molar refractivity (Wildman–Crippen MR) is 132 cm³/mol. The van der Waals surface area contributed by atoms with Crippen LogP contribution in [0.3, 0.4) is 0 Å². The van der Waals surface area contributed by atoms with Crippen LogP contribution in [0.15, 0.2) is 88.8 Å². The van der Waals surface area contributed by atoms with Crippen molar-refractivity contribution in [3.8, 4) is 17.0 Å². The quantitative estimate of drug-likeness (QED) is 0.306. The Morgan fingerprint density at radius 2 is 1.58 bits per heavy atom. The number of pyridine rings is 1. The van der Waals surface area contributed by atoms with Gasteiger partial charge in [0.05, 0.1) is 11.7 Å². The second-order valence-corrected chi connectivity index (χ2v) is 7.51. The van der Waals surface area contributed by atoms with E-state index in [1.807, 2.05) is 79.7 Å². The molecule has 5 aromatic rings. The third-order valence-corrected chi connectivity index (χ3v) is 5.60. The minimum atomic E-state index is -0.311. The van der Waals surface area contributed by atoms with E-state index in [4.69, 9.17) is 0 Å². The number of aromatic nitrogens is 3. The van der Waals surface area contributed by atoms with E-state index in [2.05, 4.69) is 20.7 Å². The van der Waals surface area contributed by atoms with Crippen molar-refractivity contribution < 1.29 is 5.11 Å². The van der Waals surface area contributed by atoms with Gasteiger partial charge in [-0.25, -0.2) is 0 Å². The topological polar surface area (TPSA) is 92.4 Å². The van der Waals surface area contributed by atoms with Crippen LogP contribution in [0.5, 0.6) is 5.75 Å². The molecule has 7 heteroatoms. The summed E-state index contributed by atoms with van der Waals surface area (Å²) >= 11 is 0. The summed E-state index contributed by atoms with van der Waals surface area (Å²) in [6.45, 7) is 2.37. The molecule has 0 saturated heterocycles. The van der Waals surface area contributed by atoms with Crippen LogP contribution in [0, 0.1) is 0 Å². The van der Waals surface area contributed by atoms with Gasteiger partial charge in [-0.1, -0.05) is 66.7 Å². The van der Waals surface area contributed by atoms with E-state index >= 15 is 0 Å². The van der Waals surface area contributed by atoms with Gasteiger partial charge >= 0.3 is 0 Å². The van der Waals surface area contributed by atoms with Gasteiger partial charge in [-0.3, -0.25) is 10.2 Å². The van der Waals surface area contributed by atoms with Gasteiger partial charge in [0.1, 0.15) is 17.0 Å². The fourth-order valence-corrected chi connectivity index (χ4v) is 3.99. The maximum Gasteiger partial charge on any atom is 0.263 e. The molecular weight excluding hydrogens is 414 g/mol. The Morgan fingerprint density at radius 3 is 2.33 bits per heavy atom. The smallest absolute Gasteiger partial charge is 0.263 e. The first-order valence-electron chi connectivity index (χ1n) is 10.6. The lowest BCUT2D eigenvalue weighted by atomic mass is 10.0. The lowest BCUT2D eigenvalue weighted by Gasteiger charge is -2.11. The van der Waals surface area contributed by atoms with Crippen LogP contribution in [0.1, 0.15) is 12.5 Å². The minimum absolute atomic E-state index is 0.0961. The van der Waals surface area contributed by atoms with Gasteiger partial charge in [-0.05, 0) is 19.1 Å². The Bertz CT molecular complexity index is 1560. The average molecular weight is 435 g/mol. The van der Waals surface area contributed by atoms with Gasteiger partial charge in [0, 0.05) is 28.3 Å². The predicted octanol–water partition coefficient (Wildman–Crippen LogP) is 4.78. The van der Waals surface area contributed by atoms with Gasteiger partial charge in [-0.15, -0.1) is 10.2 Å². The number of nitrogens with zero attached hydrogens (tertiary/aromatic N) is 4. The summed E-state index contributed by atoms with van der Waals surface area (Å²) in [7, 11) is 0. The lowest BCUT2D eigenvalue weighted by molar-refractivity contribution is 0.478. The van der Waals surface area contributed by atoms with Crippen LogP contribution in [0.25, 0.3) is 32.9 Å². The summed E-state index contributed by atoms with van der Waals surface area (Å²) in [4.78, 5) is 12.9. The minimum Gasteiger partial charge on any atom is -0.506 e. The summed E-state index contributed by atoms with van der Waals surface area (Å²) in [6.07, 6.45) is 1.33. The maximum atomic E-state index is 12.9. The second-order valence-electron chi connectivity index (χ2n) is 7.51. The Morgan fingerprint density at radius 1 is 0.909 bits per heavy atom. The van der Waals surface area contributed by atoms with E-state index in [0.717, 1.165) is 22.0 Å². The van der Waals surface area contributed by atoms with E-state index in [0.29, 0.717) is 23.3 Å². The normalized spacial score (nSPS) is 11.4. The van der Waals surface area contributed by atoms with Gasteiger partial charge in [0.25, 0.3) is 5.56 Å². The molecule has 7 nitrogen and oxygen atoms in total. The molecule has 0 aliphatic heterocycles. The average Bonchev–Trinajstić information content (AvgIpc) is 2.87. The first-order valence-corrected chi connectivity index (χ1v) is 10.6. The first kappa shape index (κ1) is 20.4. The molecule has 162 valence electrons. The van der Waals surface area contributed by atoms with Crippen molar-refractivity contribution in [2.45, 2.75) is 13.5 Å². The summed E-state index contributed by atoms with van der Waals surface area (Å²) < 4.78 is 1.61. The van der Waals surface area contributed by atoms with Gasteiger partial charge in [0.2, 0.25) is 0 Å². The van der Waals surface area contributed by atoms with Crippen molar-refractivity contribution in [2.75, 3.05) is 5.43 Å². The first-order chi connectivity index (χ1) is 16.2. The van der Waals surface area contributed by atoms with Crippen LogP contribution in [-0.2, 0) is 6.54 Å². The van der Waals surface area contributed by atoms with Crippen molar-refractivity contribution in [1.82, 2.24) is 14.8 Å². The van der Waals surface area contributed by atoms with Crippen LogP contribution >= 0.6 is 0 Å². The van der Waals surface area contributed by atoms with E-state index < -0.39 is 0 Å². The number of aryl methyl sites for hydroxylation is 1. The van der Waals surface area contributed by atoms with E-state index in [9.17, 15) is 9.90 Å². The van der Waals surface area contributed by atoms with Crippen molar-refractivity contribution in [2.24, 2.45) is 5.10 Å². The molecule has 0 aliphatic carbocycles. The Balaban J connectivity index is 1.55. The molecule has 2 N–H and O–H groups in total. The Hall–Kier alpha value is -4.52. The number of hydrogen-bond acceptors (Lipinski definition) is 6. The lowest BCUT2D eigenvalue weighted by Crippen LogP contribution is -2.23. The third-order valence-electron chi connectivity index (χ3n) is 5.60. The molecule has 2 aromatic heterocycles. The maximum absolute atomic E-state index is 12.9. The summed E-state index contributed by atoms with van der Waals surface area (Å²) in [5.41, 5.74) is 5.12. The van der Waals surface area contributed by atoms with Crippen molar-refractivity contribution >= 4 is 33.7 Å². The number of hydrogen-bond donors (Lipinski definition) is 2. The molecule has 5 rings (SSSR count). The number of rotatable bonds is 5. The Kier molecular flexibility index (Phi) is 5.28. The molecule has 0 radical (unpaired) electrons. The summed E-state index contributed by atoms with van der Waals surface area (Å²) in [6, 6.07) is 24.9. The highest BCUT2D eigenvalue weighted by atomic mass is 16.3. The largest absolute Gasteiger partial charge is 0.506 e. The van der Waals surface area contributed by atoms with Crippen LogP contribution in [-0.4, -0.2) is 26.1 Å². The molecule has 0 spiro atoms. The highest BCUT2D eigenvalue weighted by Crippen LogP contribution is 2.29. The number of para-hydroxylation sites is 1. The number of benzene rings is 3. The highest BCUT2D eigenvalue weighted by molar-refractivity contribution is 6.00. The SMILES string of the molecule is CCn1c(=O)c(/C=N\Nc2nnc(-c3ccccc3)c3ccccc23)c(O)c2ccccc21. The number of hydrazone groups is 1.